The van der Waals surface area contributed by atoms with Crippen molar-refractivity contribution in [2.45, 2.75) is 12.2 Å². The first-order valence-electron chi connectivity index (χ1n) is 6.22. The van der Waals surface area contributed by atoms with E-state index in [1.165, 1.54) is 18.5 Å². The van der Waals surface area contributed by atoms with Gasteiger partial charge in [-0.05, 0) is 18.2 Å². The fraction of sp³-hybridized carbons (Fsp3) is 0.214. The minimum atomic E-state index is -4.37. The van der Waals surface area contributed by atoms with Crippen LogP contribution in [0.15, 0.2) is 64.7 Å². The molecule has 0 aromatic carbocycles. The smallest absolute Gasteiger partial charge is 0.347 e. The molecule has 7 heteroatoms. The first-order chi connectivity index (χ1) is 9.86. The Morgan fingerprint density at radius 2 is 1.86 bits per heavy atom. The molecule has 4 nitrogen and oxygen atoms in total. The van der Waals surface area contributed by atoms with E-state index < -0.39 is 11.7 Å². The normalized spacial score (nSPS) is 24.5. The van der Waals surface area contributed by atoms with Crippen LogP contribution >= 0.6 is 0 Å². The number of nitrogens with zero attached hydrogens (tertiary/aromatic N) is 3. The summed E-state index contributed by atoms with van der Waals surface area (Å²) in [6.45, 7) is 0. The molecule has 2 aliphatic heterocycles. The average Bonchev–Trinajstić information content (AvgIpc) is 2.76. The largest absolute Gasteiger partial charge is 0.416 e. The number of hydrogen-bond donors (Lipinski definition) is 1. The van der Waals surface area contributed by atoms with Crippen LogP contribution < -0.4 is 0 Å². The van der Waals surface area contributed by atoms with Crippen LogP contribution in [0, 0.1) is 0 Å². The van der Waals surface area contributed by atoms with Gasteiger partial charge in [0.1, 0.15) is 5.82 Å². The van der Waals surface area contributed by atoms with Crippen LogP contribution in [0.3, 0.4) is 0 Å². The molecule has 110 valence electrons. The molecule has 0 fully saturated rings. The molecule has 3 rings (SSSR count). The Labute approximate surface area is 119 Å². The highest BCUT2D eigenvalue weighted by Crippen LogP contribution is 2.33. The van der Waals surface area contributed by atoms with E-state index in [1.54, 1.807) is 24.1 Å². The summed E-state index contributed by atoms with van der Waals surface area (Å²) in [6.07, 6.45) is 5.43. The van der Waals surface area contributed by atoms with Crippen LogP contribution in [0.25, 0.3) is 0 Å². The zero-order valence-electron chi connectivity index (χ0n) is 11.0. The number of likely N-dealkylation sites (N-methyl/N-ethyl adjacent to an activating group) is 1. The van der Waals surface area contributed by atoms with Crippen molar-refractivity contribution in [1.29, 1.82) is 0 Å². The monoisotopic (exact) mass is 295 g/mol. The quantitative estimate of drug-likeness (QED) is 0.747. The zero-order valence-corrected chi connectivity index (χ0v) is 11.0. The molecule has 1 aliphatic carbocycles. The third-order valence-corrected chi connectivity index (χ3v) is 3.45. The molecule has 1 unspecified atom stereocenters. The van der Waals surface area contributed by atoms with Crippen molar-refractivity contribution in [3.05, 3.63) is 59.7 Å². The summed E-state index contributed by atoms with van der Waals surface area (Å²) in [7, 11) is 1.77. The topological polar surface area (TPSA) is 39.1 Å². The van der Waals surface area contributed by atoms with Crippen molar-refractivity contribution >= 4 is 5.71 Å². The molecule has 2 heterocycles. The van der Waals surface area contributed by atoms with Gasteiger partial charge in [0.25, 0.3) is 0 Å². The second-order valence-electron chi connectivity index (χ2n) is 4.84. The van der Waals surface area contributed by atoms with Crippen LogP contribution in [0.2, 0.25) is 0 Å². The summed E-state index contributed by atoms with van der Waals surface area (Å²) in [5.41, 5.74) is 0.386. The predicted octanol–water partition coefficient (Wildman–Crippen LogP) is 2.74. The number of rotatable bonds is 0. The molecule has 0 aromatic rings. The summed E-state index contributed by atoms with van der Waals surface area (Å²) < 4.78 is 38.2. The third-order valence-electron chi connectivity index (χ3n) is 3.45. The van der Waals surface area contributed by atoms with E-state index in [0.29, 0.717) is 11.5 Å². The zero-order chi connectivity index (χ0) is 15.2. The number of alkyl halides is 3. The minimum Gasteiger partial charge on any atom is -0.347 e. The molecule has 0 radical (unpaired) electrons. The highest BCUT2D eigenvalue weighted by atomic mass is 19.4. The van der Waals surface area contributed by atoms with Gasteiger partial charge in [-0.3, -0.25) is 5.21 Å². The van der Waals surface area contributed by atoms with Crippen molar-refractivity contribution in [2.75, 3.05) is 7.05 Å². The lowest BCUT2D eigenvalue weighted by atomic mass is 10.0. The van der Waals surface area contributed by atoms with Crippen LogP contribution in [0.4, 0.5) is 13.2 Å². The maximum atomic E-state index is 12.7. The van der Waals surface area contributed by atoms with Gasteiger partial charge in [0.15, 0.2) is 0 Å². The lowest BCUT2D eigenvalue weighted by Gasteiger charge is -2.24. The van der Waals surface area contributed by atoms with Gasteiger partial charge in [-0.25, -0.2) is 10.1 Å². The number of allylic oxidation sites excluding steroid dienone is 5. The first-order valence-corrected chi connectivity index (χ1v) is 6.22. The number of fused-ring (bicyclic) bond motifs is 1. The Morgan fingerprint density at radius 3 is 2.48 bits per heavy atom. The number of aliphatic imine (C=N–C) groups is 1. The van der Waals surface area contributed by atoms with E-state index in [-0.39, 0.29) is 6.04 Å². The molecule has 0 spiro atoms. The van der Waals surface area contributed by atoms with E-state index >= 15 is 0 Å². The van der Waals surface area contributed by atoms with Crippen molar-refractivity contribution in [1.82, 2.24) is 9.96 Å². The molecule has 3 aliphatic rings. The minimum absolute atomic E-state index is 0.299. The maximum Gasteiger partial charge on any atom is 0.416 e. The lowest BCUT2D eigenvalue weighted by molar-refractivity contribution is -0.0882. The van der Waals surface area contributed by atoms with Crippen LogP contribution in [0.5, 0.6) is 0 Å². The predicted molar refractivity (Wildman–Crippen MR) is 71.2 cm³/mol. The molecule has 21 heavy (non-hydrogen) atoms. The second-order valence-corrected chi connectivity index (χ2v) is 4.84. The lowest BCUT2D eigenvalue weighted by Crippen LogP contribution is -2.32. The number of hydroxylamine groups is 2. The fourth-order valence-corrected chi connectivity index (χ4v) is 2.36. The number of halogens is 3. The van der Waals surface area contributed by atoms with E-state index in [1.807, 2.05) is 0 Å². The number of hydrogen-bond acceptors (Lipinski definition) is 4. The van der Waals surface area contributed by atoms with Crippen molar-refractivity contribution < 1.29 is 18.4 Å². The summed E-state index contributed by atoms with van der Waals surface area (Å²) >= 11 is 0. The van der Waals surface area contributed by atoms with Gasteiger partial charge in [-0.1, -0.05) is 12.2 Å². The molecule has 1 N–H and O–H groups in total. The SMILES string of the molecule is CN1C(=C2C=CN(O)C=C2)N=C2C=C(C(F)(F)F)C=CC21. The van der Waals surface area contributed by atoms with E-state index in [0.717, 1.165) is 22.8 Å². The van der Waals surface area contributed by atoms with Crippen molar-refractivity contribution in [3.63, 3.8) is 0 Å². The Hall–Kier alpha value is -2.28. The van der Waals surface area contributed by atoms with Crippen molar-refractivity contribution in [3.8, 4) is 0 Å². The maximum absolute atomic E-state index is 12.7. The Bertz CT molecular complexity index is 637. The molecule has 0 saturated heterocycles. The van der Waals surface area contributed by atoms with Gasteiger partial charge in [-0.15, -0.1) is 0 Å². The Balaban J connectivity index is 1.99. The molecule has 0 amide bonds. The molecular formula is C14H12F3N3O. The highest BCUT2D eigenvalue weighted by Gasteiger charge is 2.37. The van der Waals surface area contributed by atoms with Crippen LogP contribution in [0.1, 0.15) is 0 Å². The van der Waals surface area contributed by atoms with Gasteiger partial charge in [0, 0.05) is 25.0 Å². The Kier molecular flexibility index (Phi) is 3.02. The van der Waals surface area contributed by atoms with Crippen molar-refractivity contribution in [2.24, 2.45) is 4.99 Å². The first kappa shape index (κ1) is 13.7. The van der Waals surface area contributed by atoms with Gasteiger partial charge in [0.05, 0.1) is 17.3 Å². The molecule has 0 bridgehead atoms. The van der Waals surface area contributed by atoms with Gasteiger partial charge >= 0.3 is 6.18 Å². The average molecular weight is 295 g/mol. The summed E-state index contributed by atoms with van der Waals surface area (Å²) in [6, 6.07) is -0.299. The van der Waals surface area contributed by atoms with E-state index in [9.17, 15) is 18.4 Å². The second kappa shape index (κ2) is 4.63. The Morgan fingerprint density at radius 1 is 1.19 bits per heavy atom. The van der Waals surface area contributed by atoms with Crippen LogP contribution in [-0.4, -0.2) is 40.1 Å². The molecule has 1 atom stereocenters. The van der Waals surface area contributed by atoms with Gasteiger partial charge < -0.3 is 4.90 Å². The molecule has 0 saturated carbocycles. The summed E-state index contributed by atoms with van der Waals surface area (Å²) in [4.78, 5) is 6.09. The van der Waals surface area contributed by atoms with Gasteiger partial charge in [-0.2, -0.15) is 13.2 Å². The fourth-order valence-electron chi connectivity index (χ4n) is 2.36. The van der Waals surface area contributed by atoms with Crippen LogP contribution in [-0.2, 0) is 0 Å². The summed E-state index contributed by atoms with van der Waals surface area (Å²) in [5.74, 6) is 0.569. The molecular weight excluding hydrogens is 283 g/mol. The molecule has 0 aromatic heterocycles. The standard InChI is InChI=1S/C14H12F3N3O/c1-19-12-3-2-10(14(15,16)17)8-11(12)18-13(19)9-4-6-20(21)7-5-9/h2-8,12,21H,1H3. The van der Waals surface area contributed by atoms with E-state index in [2.05, 4.69) is 4.99 Å². The third kappa shape index (κ3) is 2.40. The summed E-state index contributed by atoms with van der Waals surface area (Å²) in [5, 5.41) is 10.1. The highest BCUT2D eigenvalue weighted by molar-refractivity contribution is 6.05. The van der Waals surface area contributed by atoms with E-state index in [4.69, 9.17) is 0 Å². The van der Waals surface area contributed by atoms with Gasteiger partial charge in [0.2, 0.25) is 0 Å².